The van der Waals surface area contributed by atoms with Crippen LogP contribution in [0.4, 0.5) is 0 Å². The minimum atomic E-state index is -0.751. The molecule has 0 unspecified atom stereocenters. The van der Waals surface area contributed by atoms with Crippen molar-refractivity contribution in [2.45, 2.75) is 32.0 Å². The minimum absolute atomic E-state index is 0.0561. The molecule has 1 N–H and O–H groups in total. The molecule has 172 valence electrons. The molecule has 1 saturated heterocycles. The van der Waals surface area contributed by atoms with Gasteiger partial charge in [0.05, 0.1) is 18.7 Å². The molecule has 2 heterocycles. The molecule has 2 aliphatic rings. The van der Waals surface area contributed by atoms with E-state index in [0.717, 1.165) is 23.3 Å². The largest absolute Gasteiger partial charge is 0.507 e. The molecule has 0 aliphatic carbocycles. The number of carbonyl (C=O) groups is 2. The second-order valence-electron chi connectivity index (χ2n) is 8.64. The van der Waals surface area contributed by atoms with Gasteiger partial charge in [0, 0.05) is 18.5 Å². The van der Waals surface area contributed by atoms with Crippen LogP contribution in [0.15, 0.2) is 78.4 Å². The van der Waals surface area contributed by atoms with Crippen LogP contribution in [0.5, 0.6) is 11.5 Å². The van der Waals surface area contributed by atoms with Gasteiger partial charge in [-0.1, -0.05) is 42.5 Å². The molecule has 6 heteroatoms. The summed E-state index contributed by atoms with van der Waals surface area (Å²) < 4.78 is 11.1. The Kier molecular flexibility index (Phi) is 5.57. The third kappa shape index (κ3) is 3.81. The first-order valence-corrected chi connectivity index (χ1v) is 11.2. The van der Waals surface area contributed by atoms with Gasteiger partial charge in [-0.25, -0.2) is 0 Å². The van der Waals surface area contributed by atoms with Crippen molar-refractivity contribution in [3.05, 3.63) is 101 Å². The van der Waals surface area contributed by atoms with Crippen LogP contribution >= 0.6 is 0 Å². The van der Waals surface area contributed by atoms with E-state index in [4.69, 9.17) is 9.47 Å². The highest BCUT2D eigenvalue weighted by molar-refractivity contribution is 6.46. The molecule has 6 nitrogen and oxygen atoms in total. The maximum Gasteiger partial charge on any atom is 0.295 e. The average molecular weight is 456 g/mol. The van der Waals surface area contributed by atoms with Gasteiger partial charge in [0.15, 0.2) is 0 Å². The Bertz CT molecular complexity index is 1300. The number of amides is 1. The van der Waals surface area contributed by atoms with Gasteiger partial charge in [-0.05, 0) is 53.9 Å². The first-order valence-electron chi connectivity index (χ1n) is 11.2. The summed E-state index contributed by atoms with van der Waals surface area (Å²) in [6, 6.07) is 21.3. The molecule has 1 amide bonds. The topological polar surface area (TPSA) is 76.1 Å². The van der Waals surface area contributed by atoms with Crippen LogP contribution in [0, 0.1) is 0 Å². The zero-order valence-corrected chi connectivity index (χ0v) is 19.0. The fourth-order valence-corrected chi connectivity index (χ4v) is 4.71. The van der Waals surface area contributed by atoms with Crippen LogP contribution in [0.1, 0.15) is 35.2 Å². The summed E-state index contributed by atoms with van der Waals surface area (Å²) in [6.45, 7) is 2.22. The van der Waals surface area contributed by atoms with Gasteiger partial charge in [-0.3, -0.25) is 9.59 Å². The summed E-state index contributed by atoms with van der Waals surface area (Å²) in [5.41, 5.74) is 3.10. The van der Waals surface area contributed by atoms with Gasteiger partial charge in [-0.15, -0.1) is 0 Å². The molecule has 0 spiro atoms. The molecule has 0 saturated carbocycles. The Morgan fingerprint density at radius 1 is 1.06 bits per heavy atom. The highest BCUT2D eigenvalue weighted by atomic mass is 16.5. The molecule has 1 fully saturated rings. The van der Waals surface area contributed by atoms with Gasteiger partial charge in [0.2, 0.25) is 0 Å². The predicted molar refractivity (Wildman–Crippen MR) is 128 cm³/mol. The number of Topliss-reactive ketones (excluding diaryl/α,β-unsaturated/α-hetero) is 1. The molecule has 3 aromatic rings. The second kappa shape index (κ2) is 8.71. The van der Waals surface area contributed by atoms with E-state index in [2.05, 4.69) is 0 Å². The van der Waals surface area contributed by atoms with Crippen molar-refractivity contribution in [1.29, 1.82) is 0 Å². The Hall–Kier alpha value is -4.06. The normalized spacial score (nSPS) is 20.8. The van der Waals surface area contributed by atoms with E-state index in [1.54, 1.807) is 31.4 Å². The molecule has 2 atom stereocenters. The molecule has 3 aromatic carbocycles. The number of rotatable bonds is 5. The smallest absolute Gasteiger partial charge is 0.295 e. The van der Waals surface area contributed by atoms with Gasteiger partial charge < -0.3 is 19.5 Å². The van der Waals surface area contributed by atoms with E-state index >= 15 is 0 Å². The van der Waals surface area contributed by atoms with E-state index in [9.17, 15) is 14.7 Å². The van der Waals surface area contributed by atoms with E-state index in [1.807, 2.05) is 55.5 Å². The Labute approximate surface area is 198 Å². The Morgan fingerprint density at radius 3 is 2.62 bits per heavy atom. The number of nitrogens with zero attached hydrogens (tertiary/aromatic N) is 1. The predicted octanol–water partition coefficient (Wildman–Crippen LogP) is 4.64. The highest BCUT2D eigenvalue weighted by Crippen LogP contribution is 2.42. The summed E-state index contributed by atoms with van der Waals surface area (Å²) in [5.74, 6) is -0.156. The highest BCUT2D eigenvalue weighted by Gasteiger charge is 2.46. The lowest BCUT2D eigenvalue weighted by Gasteiger charge is -2.25. The summed E-state index contributed by atoms with van der Waals surface area (Å²) in [6.07, 6.45) is 0.776. The maximum absolute atomic E-state index is 13.3. The minimum Gasteiger partial charge on any atom is -0.507 e. The maximum atomic E-state index is 13.3. The van der Waals surface area contributed by atoms with Crippen LogP contribution < -0.4 is 9.47 Å². The number of ketones is 1. The van der Waals surface area contributed by atoms with Crippen molar-refractivity contribution in [1.82, 2.24) is 4.90 Å². The summed E-state index contributed by atoms with van der Waals surface area (Å²) in [7, 11) is 1.56. The van der Waals surface area contributed by atoms with E-state index in [-0.39, 0.29) is 24.0 Å². The van der Waals surface area contributed by atoms with Crippen molar-refractivity contribution in [2.24, 2.45) is 0 Å². The lowest BCUT2D eigenvalue weighted by Crippen LogP contribution is -2.29. The number of aliphatic hydroxyl groups excluding tert-OH is 1. The lowest BCUT2D eigenvalue weighted by atomic mass is 9.94. The summed E-state index contributed by atoms with van der Waals surface area (Å²) in [4.78, 5) is 28.0. The lowest BCUT2D eigenvalue weighted by molar-refractivity contribution is -0.140. The SMILES string of the molecule is COc1cccc([C@H]2/C(=C(\O)c3ccc4c(c3)C[C@H](C)O4)C(=O)C(=O)N2Cc2ccccc2)c1. The molecule has 2 aliphatic heterocycles. The Morgan fingerprint density at radius 2 is 1.85 bits per heavy atom. The third-order valence-electron chi connectivity index (χ3n) is 6.31. The zero-order chi connectivity index (χ0) is 23.8. The standard InChI is InChI=1S/C28H25NO5/c1-17-13-21-14-20(11-12-23(21)34-17)26(30)24-25(19-9-6-10-22(15-19)33-2)29(28(32)27(24)31)16-18-7-4-3-5-8-18/h3-12,14-15,17,25,30H,13,16H2,1-2H3/b26-24+/t17-,25-/m0/s1. The number of ether oxygens (including phenoxy) is 2. The molecule has 0 radical (unpaired) electrons. The molecular formula is C28H25NO5. The van der Waals surface area contributed by atoms with Crippen molar-refractivity contribution in [2.75, 3.05) is 7.11 Å². The van der Waals surface area contributed by atoms with Gasteiger partial charge >= 0.3 is 0 Å². The molecule has 0 bridgehead atoms. The number of aliphatic hydroxyl groups is 1. The third-order valence-corrected chi connectivity index (χ3v) is 6.31. The fraction of sp³-hybridized carbons (Fsp3) is 0.214. The van der Waals surface area contributed by atoms with E-state index < -0.39 is 17.7 Å². The number of carbonyl (C=O) groups excluding carboxylic acids is 2. The van der Waals surface area contributed by atoms with Crippen molar-refractivity contribution in [3.63, 3.8) is 0 Å². The number of fused-ring (bicyclic) bond motifs is 1. The molecule has 5 rings (SSSR count). The van der Waals surface area contributed by atoms with Crippen molar-refractivity contribution in [3.8, 4) is 11.5 Å². The first-order chi connectivity index (χ1) is 16.5. The molecule has 34 heavy (non-hydrogen) atoms. The van der Waals surface area contributed by atoms with Gasteiger partial charge in [0.1, 0.15) is 23.4 Å². The van der Waals surface area contributed by atoms with Crippen molar-refractivity contribution >= 4 is 17.4 Å². The number of benzene rings is 3. The van der Waals surface area contributed by atoms with E-state index in [0.29, 0.717) is 16.9 Å². The van der Waals surface area contributed by atoms with Crippen LogP contribution in [0.2, 0.25) is 0 Å². The van der Waals surface area contributed by atoms with Crippen LogP contribution in [-0.4, -0.2) is 34.9 Å². The average Bonchev–Trinajstić information content (AvgIpc) is 3.35. The summed E-state index contributed by atoms with van der Waals surface area (Å²) >= 11 is 0. The van der Waals surface area contributed by atoms with Gasteiger partial charge in [0.25, 0.3) is 11.7 Å². The molecular weight excluding hydrogens is 430 g/mol. The number of likely N-dealkylation sites (tertiary alicyclic amines) is 1. The fourth-order valence-electron chi connectivity index (χ4n) is 4.71. The zero-order valence-electron chi connectivity index (χ0n) is 19.0. The van der Waals surface area contributed by atoms with Crippen LogP contribution in [0.25, 0.3) is 5.76 Å². The number of hydrogen-bond acceptors (Lipinski definition) is 5. The van der Waals surface area contributed by atoms with Crippen LogP contribution in [0.3, 0.4) is 0 Å². The quantitative estimate of drug-likeness (QED) is 0.345. The second-order valence-corrected chi connectivity index (χ2v) is 8.64. The number of hydrogen-bond donors (Lipinski definition) is 1. The number of methoxy groups -OCH3 is 1. The van der Waals surface area contributed by atoms with Gasteiger partial charge in [-0.2, -0.15) is 0 Å². The van der Waals surface area contributed by atoms with Crippen LogP contribution in [-0.2, 0) is 22.6 Å². The Balaban J connectivity index is 1.64. The van der Waals surface area contributed by atoms with Crippen molar-refractivity contribution < 1.29 is 24.2 Å². The summed E-state index contributed by atoms with van der Waals surface area (Å²) in [5, 5.41) is 11.4. The van der Waals surface area contributed by atoms with E-state index in [1.165, 1.54) is 4.90 Å². The first kappa shape index (κ1) is 21.8. The monoisotopic (exact) mass is 455 g/mol. The molecule has 0 aromatic heterocycles.